The third-order valence-electron chi connectivity index (χ3n) is 4.28. The molecule has 0 bridgehead atoms. The summed E-state index contributed by atoms with van der Waals surface area (Å²) in [6.45, 7) is 1.94. The number of thiophene rings is 1. The van der Waals surface area contributed by atoms with Crippen LogP contribution in [-0.4, -0.2) is 29.0 Å². The number of rotatable bonds is 5. The second kappa shape index (κ2) is 7.66. The number of carbonyl (C=O) groups is 1. The van der Waals surface area contributed by atoms with Crippen molar-refractivity contribution in [3.8, 4) is 11.4 Å². The Bertz CT molecular complexity index is 1160. The Kier molecular flexibility index (Phi) is 4.90. The second-order valence-corrected chi connectivity index (χ2v) is 7.13. The summed E-state index contributed by atoms with van der Waals surface area (Å²) in [6.07, 6.45) is 1.57. The Labute approximate surface area is 166 Å². The van der Waals surface area contributed by atoms with Crippen molar-refractivity contribution in [3.05, 3.63) is 76.8 Å². The molecule has 0 aliphatic heterocycles. The van der Waals surface area contributed by atoms with Crippen LogP contribution in [0.4, 0.5) is 0 Å². The number of hydrogen-bond acceptors (Lipinski definition) is 5. The molecule has 2 heterocycles. The quantitative estimate of drug-likeness (QED) is 0.411. The predicted octanol–water partition coefficient (Wildman–Crippen LogP) is 4.17. The van der Waals surface area contributed by atoms with Gasteiger partial charge in [-0.1, -0.05) is 30.3 Å². The van der Waals surface area contributed by atoms with Gasteiger partial charge in [-0.2, -0.15) is 10.2 Å². The van der Waals surface area contributed by atoms with Crippen molar-refractivity contribution in [1.29, 1.82) is 0 Å². The van der Waals surface area contributed by atoms with Crippen molar-refractivity contribution in [2.24, 2.45) is 5.10 Å². The molecule has 140 valence electrons. The topological polar surface area (TPSA) is 68.5 Å². The highest BCUT2D eigenvalue weighted by atomic mass is 32.1. The van der Waals surface area contributed by atoms with Gasteiger partial charge < -0.3 is 4.74 Å². The van der Waals surface area contributed by atoms with Gasteiger partial charge in [-0.25, -0.2) is 10.1 Å². The molecule has 1 N–H and O–H groups in total. The van der Waals surface area contributed by atoms with Crippen molar-refractivity contribution in [2.45, 2.75) is 6.92 Å². The Morgan fingerprint density at radius 3 is 2.71 bits per heavy atom. The summed E-state index contributed by atoms with van der Waals surface area (Å²) in [5.74, 6) is 0.437. The van der Waals surface area contributed by atoms with Crippen LogP contribution in [0.3, 0.4) is 0 Å². The number of nitrogens with one attached hydrogen (secondary N) is 1. The SMILES string of the molecule is COc1ccccc1/C=N\NC(=O)c1cc2c(C)nn(-c3ccccc3)c2s1. The number of hydrazone groups is 1. The van der Waals surface area contributed by atoms with E-state index in [-0.39, 0.29) is 5.91 Å². The molecule has 1 amide bonds. The van der Waals surface area contributed by atoms with Crippen LogP contribution in [0.25, 0.3) is 15.9 Å². The average Bonchev–Trinajstić information content (AvgIpc) is 3.30. The summed E-state index contributed by atoms with van der Waals surface area (Å²) >= 11 is 1.39. The van der Waals surface area contributed by atoms with Gasteiger partial charge in [0, 0.05) is 10.9 Å². The maximum Gasteiger partial charge on any atom is 0.281 e. The van der Waals surface area contributed by atoms with Crippen molar-refractivity contribution >= 4 is 33.7 Å². The van der Waals surface area contributed by atoms with Crippen LogP contribution in [0.15, 0.2) is 65.8 Å². The molecule has 28 heavy (non-hydrogen) atoms. The Morgan fingerprint density at radius 2 is 1.93 bits per heavy atom. The highest BCUT2D eigenvalue weighted by molar-refractivity contribution is 7.20. The smallest absolute Gasteiger partial charge is 0.281 e. The number of carbonyl (C=O) groups excluding carboxylic acids is 1. The van der Waals surface area contributed by atoms with Gasteiger partial charge in [0.15, 0.2) is 0 Å². The molecule has 4 rings (SSSR count). The molecule has 0 spiro atoms. The molecule has 0 saturated heterocycles. The van der Waals surface area contributed by atoms with Crippen LogP contribution in [-0.2, 0) is 0 Å². The van der Waals surface area contributed by atoms with Gasteiger partial charge in [0.25, 0.3) is 5.91 Å². The minimum absolute atomic E-state index is 0.258. The number of nitrogens with zero attached hydrogens (tertiary/aromatic N) is 3. The first-order valence-electron chi connectivity index (χ1n) is 8.68. The molecule has 7 heteroatoms. The molecule has 0 saturated carbocycles. The lowest BCUT2D eigenvalue weighted by Gasteiger charge is -2.03. The number of fused-ring (bicyclic) bond motifs is 1. The molecule has 4 aromatic rings. The summed E-state index contributed by atoms with van der Waals surface area (Å²) in [5.41, 5.74) is 5.22. The number of amides is 1. The van der Waals surface area contributed by atoms with Crippen molar-refractivity contribution in [3.63, 3.8) is 0 Å². The minimum Gasteiger partial charge on any atom is -0.496 e. The molecule has 0 aliphatic carbocycles. The van der Waals surface area contributed by atoms with Crippen LogP contribution in [0, 0.1) is 6.92 Å². The van der Waals surface area contributed by atoms with E-state index < -0.39 is 0 Å². The number of hydrogen-bond donors (Lipinski definition) is 1. The lowest BCUT2D eigenvalue weighted by molar-refractivity contribution is 0.0959. The fourth-order valence-electron chi connectivity index (χ4n) is 2.89. The molecular formula is C21H18N4O2S. The van der Waals surface area contributed by atoms with Gasteiger partial charge in [-0.05, 0) is 37.3 Å². The van der Waals surface area contributed by atoms with Crippen LogP contribution >= 0.6 is 11.3 Å². The van der Waals surface area contributed by atoms with Gasteiger partial charge in [0.2, 0.25) is 0 Å². The van der Waals surface area contributed by atoms with Crippen LogP contribution in [0.1, 0.15) is 20.9 Å². The van der Waals surface area contributed by atoms with E-state index in [9.17, 15) is 4.79 Å². The number of aryl methyl sites for hydroxylation is 1. The number of para-hydroxylation sites is 2. The fraction of sp³-hybridized carbons (Fsp3) is 0.0952. The van der Waals surface area contributed by atoms with E-state index in [0.29, 0.717) is 10.6 Å². The molecular weight excluding hydrogens is 372 g/mol. The summed E-state index contributed by atoms with van der Waals surface area (Å²) in [6, 6.07) is 19.2. The molecule has 0 aliphatic rings. The fourth-order valence-corrected chi connectivity index (χ4v) is 3.96. The minimum atomic E-state index is -0.258. The third-order valence-corrected chi connectivity index (χ3v) is 5.39. The van der Waals surface area contributed by atoms with Gasteiger partial charge in [-0.3, -0.25) is 4.79 Å². The first kappa shape index (κ1) is 17.9. The Hall–Kier alpha value is -3.45. The predicted molar refractivity (Wildman–Crippen MR) is 112 cm³/mol. The van der Waals surface area contributed by atoms with Crippen LogP contribution < -0.4 is 10.2 Å². The van der Waals surface area contributed by atoms with Crippen LogP contribution in [0.2, 0.25) is 0 Å². The van der Waals surface area contributed by atoms with Gasteiger partial charge >= 0.3 is 0 Å². The van der Waals surface area contributed by atoms with E-state index >= 15 is 0 Å². The van der Waals surface area contributed by atoms with Gasteiger partial charge in [-0.15, -0.1) is 11.3 Å². The van der Waals surface area contributed by atoms with Crippen molar-refractivity contribution < 1.29 is 9.53 Å². The molecule has 0 radical (unpaired) electrons. The maximum absolute atomic E-state index is 12.5. The number of benzene rings is 2. The maximum atomic E-state index is 12.5. The Balaban J connectivity index is 1.58. The monoisotopic (exact) mass is 390 g/mol. The summed E-state index contributed by atoms with van der Waals surface area (Å²) < 4.78 is 7.14. The zero-order valence-electron chi connectivity index (χ0n) is 15.4. The molecule has 6 nitrogen and oxygen atoms in total. The largest absolute Gasteiger partial charge is 0.496 e. The molecule has 0 unspecified atom stereocenters. The van der Waals surface area contributed by atoms with Gasteiger partial charge in [0.05, 0.1) is 29.6 Å². The summed E-state index contributed by atoms with van der Waals surface area (Å²) in [7, 11) is 1.60. The van der Waals surface area contributed by atoms with E-state index in [0.717, 1.165) is 27.2 Å². The summed E-state index contributed by atoms with van der Waals surface area (Å²) in [4.78, 5) is 14.1. The standard InChI is InChI=1S/C21H18N4O2S/c1-14-17-12-19(28-21(17)25(24-14)16-9-4-3-5-10-16)20(26)23-22-13-15-8-6-7-11-18(15)27-2/h3-13H,1-2H3,(H,23,26)/b22-13-. The van der Waals surface area contributed by atoms with E-state index in [1.54, 1.807) is 13.3 Å². The lowest BCUT2D eigenvalue weighted by Crippen LogP contribution is -2.16. The van der Waals surface area contributed by atoms with Gasteiger partial charge in [0.1, 0.15) is 10.6 Å². The van der Waals surface area contributed by atoms with Crippen LogP contribution in [0.5, 0.6) is 5.75 Å². The van der Waals surface area contributed by atoms with Crippen molar-refractivity contribution in [1.82, 2.24) is 15.2 Å². The number of methoxy groups -OCH3 is 1. The number of aromatic nitrogens is 2. The van der Waals surface area contributed by atoms with Crippen molar-refractivity contribution in [2.75, 3.05) is 7.11 Å². The molecule has 0 atom stereocenters. The normalized spacial score (nSPS) is 11.2. The first-order valence-corrected chi connectivity index (χ1v) is 9.50. The van der Waals surface area contributed by atoms with E-state index in [4.69, 9.17) is 4.74 Å². The molecule has 0 fully saturated rings. The highest BCUT2D eigenvalue weighted by Gasteiger charge is 2.16. The first-order chi connectivity index (χ1) is 13.7. The number of ether oxygens (including phenoxy) is 1. The van der Waals surface area contributed by atoms with E-state index in [1.165, 1.54) is 11.3 Å². The average molecular weight is 390 g/mol. The second-order valence-electron chi connectivity index (χ2n) is 6.10. The van der Waals surface area contributed by atoms with E-state index in [1.807, 2.05) is 72.3 Å². The van der Waals surface area contributed by atoms with E-state index in [2.05, 4.69) is 15.6 Å². The zero-order chi connectivity index (χ0) is 19.5. The highest BCUT2D eigenvalue weighted by Crippen LogP contribution is 2.30. The zero-order valence-corrected chi connectivity index (χ0v) is 16.2. The summed E-state index contributed by atoms with van der Waals surface area (Å²) in [5, 5.41) is 9.62. The molecule has 2 aromatic carbocycles. The lowest BCUT2D eigenvalue weighted by atomic mass is 10.2. The third kappa shape index (κ3) is 3.39. The molecule has 2 aromatic heterocycles. The Morgan fingerprint density at radius 1 is 1.18 bits per heavy atom.